The highest BCUT2D eigenvalue weighted by Gasteiger charge is 2.23. The van der Waals surface area contributed by atoms with Gasteiger partial charge in [-0.1, -0.05) is 41.9 Å². The number of hydrogen-bond acceptors (Lipinski definition) is 6. The number of aromatic nitrogens is 2. The maximum absolute atomic E-state index is 12.7. The Balaban J connectivity index is 1.46. The molecule has 0 aliphatic carbocycles. The van der Waals surface area contributed by atoms with E-state index in [-0.39, 0.29) is 21.2 Å². The van der Waals surface area contributed by atoms with Crippen LogP contribution in [0.25, 0.3) is 5.69 Å². The van der Waals surface area contributed by atoms with Crippen LogP contribution >= 0.6 is 11.6 Å². The van der Waals surface area contributed by atoms with Crippen LogP contribution in [-0.4, -0.2) is 45.8 Å². The number of nitro benzene ring substituents is 1. The molecule has 31 heavy (non-hydrogen) atoms. The van der Waals surface area contributed by atoms with Gasteiger partial charge in [-0.25, -0.2) is 0 Å². The highest BCUT2D eigenvalue weighted by atomic mass is 35.5. The third-order valence-corrected chi connectivity index (χ3v) is 5.98. The summed E-state index contributed by atoms with van der Waals surface area (Å²) in [5.74, 6) is 0. The van der Waals surface area contributed by atoms with E-state index in [4.69, 9.17) is 11.6 Å². The molecule has 1 saturated heterocycles. The summed E-state index contributed by atoms with van der Waals surface area (Å²) < 4.78 is 1.30. The second-order valence-corrected chi connectivity index (χ2v) is 7.86. The quantitative estimate of drug-likeness (QED) is 0.447. The number of benzene rings is 2. The largest absolute Gasteiger partial charge is 0.366 e. The second-order valence-electron chi connectivity index (χ2n) is 7.48. The lowest BCUT2D eigenvalue weighted by atomic mass is 10.1. The predicted octanol–water partition coefficient (Wildman–Crippen LogP) is 3.42. The molecule has 160 valence electrons. The van der Waals surface area contributed by atoms with Gasteiger partial charge in [-0.15, -0.1) is 0 Å². The summed E-state index contributed by atoms with van der Waals surface area (Å²) in [4.78, 5) is 27.9. The van der Waals surface area contributed by atoms with E-state index in [9.17, 15) is 14.9 Å². The van der Waals surface area contributed by atoms with Crippen LogP contribution in [0, 0.1) is 17.0 Å². The Labute approximate surface area is 184 Å². The number of anilines is 1. The summed E-state index contributed by atoms with van der Waals surface area (Å²) in [6, 6.07) is 14.4. The molecule has 0 N–H and O–H groups in total. The fraction of sp³-hybridized carbons (Fsp3) is 0.273. The molecule has 4 rings (SSSR count). The topological polar surface area (TPSA) is 84.5 Å². The fourth-order valence-corrected chi connectivity index (χ4v) is 4.07. The minimum absolute atomic E-state index is 0.146. The Morgan fingerprint density at radius 2 is 1.77 bits per heavy atom. The van der Waals surface area contributed by atoms with Gasteiger partial charge in [0.15, 0.2) is 0 Å². The Morgan fingerprint density at radius 3 is 2.45 bits per heavy atom. The lowest BCUT2D eigenvalue weighted by molar-refractivity contribution is -0.385. The molecule has 0 saturated carbocycles. The standard InChI is InChI=1S/C22H22ClN5O3/c1-16-17(6-5-9-19(16)28(30)31)15-25-10-12-26(13-11-25)20-14-24-27(22(29)21(20)23)18-7-3-2-4-8-18/h2-9,14H,10-13,15H2,1H3. The first-order valence-electron chi connectivity index (χ1n) is 9.99. The summed E-state index contributed by atoms with van der Waals surface area (Å²) in [5, 5.41) is 15.6. The Hall–Kier alpha value is -3.23. The minimum Gasteiger partial charge on any atom is -0.366 e. The van der Waals surface area contributed by atoms with Crippen LogP contribution in [0.5, 0.6) is 0 Å². The number of para-hydroxylation sites is 1. The predicted molar refractivity (Wildman–Crippen MR) is 120 cm³/mol. The van der Waals surface area contributed by atoms with Crippen LogP contribution in [0.1, 0.15) is 11.1 Å². The first kappa shape index (κ1) is 21.0. The number of nitrogens with zero attached hydrogens (tertiary/aromatic N) is 5. The highest BCUT2D eigenvalue weighted by molar-refractivity contribution is 6.33. The van der Waals surface area contributed by atoms with Gasteiger partial charge in [0.05, 0.1) is 22.5 Å². The zero-order valence-corrected chi connectivity index (χ0v) is 17.8. The first-order valence-corrected chi connectivity index (χ1v) is 10.4. The van der Waals surface area contributed by atoms with Crippen molar-refractivity contribution in [3.05, 3.63) is 91.3 Å². The molecule has 1 aromatic heterocycles. The maximum atomic E-state index is 12.7. The summed E-state index contributed by atoms with van der Waals surface area (Å²) >= 11 is 6.42. The molecule has 0 spiro atoms. The zero-order valence-electron chi connectivity index (χ0n) is 17.1. The van der Waals surface area contributed by atoms with Gasteiger partial charge in [-0.3, -0.25) is 19.8 Å². The van der Waals surface area contributed by atoms with Crippen molar-refractivity contribution in [1.82, 2.24) is 14.7 Å². The monoisotopic (exact) mass is 439 g/mol. The Morgan fingerprint density at radius 1 is 1.06 bits per heavy atom. The van der Waals surface area contributed by atoms with Crippen LogP contribution in [0.4, 0.5) is 11.4 Å². The van der Waals surface area contributed by atoms with Gasteiger partial charge in [0.1, 0.15) is 5.02 Å². The van der Waals surface area contributed by atoms with Gasteiger partial charge < -0.3 is 4.90 Å². The van der Waals surface area contributed by atoms with Crippen molar-refractivity contribution in [3.63, 3.8) is 0 Å². The average Bonchev–Trinajstić information content (AvgIpc) is 2.78. The smallest absolute Gasteiger partial charge is 0.292 e. The van der Waals surface area contributed by atoms with Crippen LogP contribution in [-0.2, 0) is 6.54 Å². The van der Waals surface area contributed by atoms with E-state index in [1.807, 2.05) is 24.3 Å². The van der Waals surface area contributed by atoms with Crippen LogP contribution in [0.3, 0.4) is 0 Å². The van der Waals surface area contributed by atoms with Crippen molar-refractivity contribution < 1.29 is 4.92 Å². The molecule has 1 fully saturated rings. The molecular formula is C22H22ClN5O3. The van der Waals surface area contributed by atoms with E-state index in [0.717, 1.165) is 18.7 Å². The molecule has 1 aliphatic heterocycles. The molecular weight excluding hydrogens is 418 g/mol. The molecule has 3 aromatic rings. The van der Waals surface area contributed by atoms with Crippen LogP contribution in [0.2, 0.25) is 5.02 Å². The first-order chi connectivity index (χ1) is 15.0. The molecule has 8 nitrogen and oxygen atoms in total. The maximum Gasteiger partial charge on any atom is 0.292 e. The highest BCUT2D eigenvalue weighted by Crippen LogP contribution is 2.25. The van der Waals surface area contributed by atoms with Crippen molar-refractivity contribution in [2.75, 3.05) is 31.1 Å². The van der Waals surface area contributed by atoms with E-state index in [1.54, 1.807) is 31.3 Å². The fourth-order valence-electron chi connectivity index (χ4n) is 3.82. The molecule has 0 unspecified atom stereocenters. The molecule has 0 atom stereocenters. The van der Waals surface area contributed by atoms with E-state index < -0.39 is 0 Å². The van der Waals surface area contributed by atoms with Gasteiger partial charge in [0.2, 0.25) is 0 Å². The molecule has 0 amide bonds. The van der Waals surface area contributed by atoms with Crippen molar-refractivity contribution in [1.29, 1.82) is 0 Å². The average molecular weight is 440 g/mol. The van der Waals surface area contributed by atoms with Gasteiger partial charge in [-0.2, -0.15) is 9.78 Å². The number of nitro groups is 1. The molecule has 9 heteroatoms. The van der Waals surface area contributed by atoms with E-state index in [0.29, 0.717) is 36.6 Å². The van der Waals surface area contributed by atoms with E-state index >= 15 is 0 Å². The lowest BCUT2D eigenvalue weighted by Gasteiger charge is -2.36. The lowest BCUT2D eigenvalue weighted by Crippen LogP contribution is -2.46. The number of halogens is 1. The Bertz CT molecular complexity index is 1160. The second kappa shape index (κ2) is 8.87. The van der Waals surface area contributed by atoms with E-state index in [1.165, 1.54) is 10.7 Å². The van der Waals surface area contributed by atoms with Crippen LogP contribution in [0.15, 0.2) is 59.5 Å². The molecule has 0 bridgehead atoms. The summed E-state index contributed by atoms with van der Waals surface area (Å²) in [6.45, 7) is 5.30. The van der Waals surface area contributed by atoms with Crippen molar-refractivity contribution in [3.8, 4) is 5.69 Å². The number of hydrogen-bond donors (Lipinski definition) is 0. The third-order valence-electron chi connectivity index (χ3n) is 5.62. The SMILES string of the molecule is Cc1c(CN2CCN(c3cnn(-c4ccccc4)c(=O)c3Cl)CC2)cccc1[N+](=O)[O-]. The van der Waals surface area contributed by atoms with Crippen molar-refractivity contribution in [2.45, 2.75) is 13.5 Å². The zero-order chi connectivity index (χ0) is 22.0. The molecule has 2 aromatic carbocycles. The summed E-state index contributed by atoms with van der Waals surface area (Å²) in [6.07, 6.45) is 1.64. The molecule has 0 radical (unpaired) electrons. The number of piperazine rings is 1. The minimum atomic E-state index is -0.347. The van der Waals surface area contributed by atoms with Gasteiger partial charge in [0, 0.05) is 44.4 Å². The van der Waals surface area contributed by atoms with Gasteiger partial charge >= 0.3 is 0 Å². The normalized spacial score (nSPS) is 14.6. The van der Waals surface area contributed by atoms with Crippen molar-refractivity contribution in [2.24, 2.45) is 0 Å². The van der Waals surface area contributed by atoms with Crippen LogP contribution < -0.4 is 10.5 Å². The van der Waals surface area contributed by atoms with E-state index in [2.05, 4.69) is 14.9 Å². The van der Waals surface area contributed by atoms with Gasteiger partial charge in [-0.05, 0) is 24.6 Å². The third kappa shape index (κ3) is 4.30. The summed E-state index contributed by atoms with van der Waals surface area (Å²) in [5.41, 5.74) is 2.75. The molecule has 2 heterocycles. The Kier molecular flexibility index (Phi) is 6.01. The number of rotatable bonds is 5. The molecule has 1 aliphatic rings. The summed E-state index contributed by atoms with van der Waals surface area (Å²) in [7, 11) is 0. The van der Waals surface area contributed by atoms with Gasteiger partial charge in [0.25, 0.3) is 11.2 Å². The van der Waals surface area contributed by atoms with Crippen molar-refractivity contribution >= 4 is 23.0 Å².